The van der Waals surface area contributed by atoms with Crippen molar-refractivity contribution < 1.29 is 0 Å². The fourth-order valence-electron chi connectivity index (χ4n) is 2.98. The van der Waals surface area contributed by atoms with Gasteiger partial charge in [-0.3, -0.25) is 0 Å². The molecule has 0 heterocycles. The van der Waals surface area contributed by atoms with E-state index in [0.717, 1.165) is 18.9 Å². The summed E-state index contributed by atoms with van der Waals surface area (Å²) in [5.41, 5.74) is 0.466. The standard InChI is InChI=1S/C16H29N/c1-6-12-17-15(7-2)13-8-10-14(11-9-13)16(3,4)5/h2,13-15,17H,6,8-12H2,1,3-5H3. The largest absolute Gasteiger partial charge is 0.303 e. The van der Waals surface area contributed by atoms with Crippen LogP contribution in [-0.4, -0.2) is 12.6 Å². The highest BCUT2D eigenvalue weighted by Crippen LogP contribution is 2.40. The summed E-state index contributed by atoms with van der Waals surface area (Å²) < 4.78 is 0. The van der Waals surface area contributed by atoms with Crippen molar-refractivity contribution in [2.75, 3.05) is 6.54 Å². The molecule has 1 rings (SSSR count). The number of rotatable bonds is 4. The highest BCUT2D eigenvalue weighted by Gasteiger charge is 2.32. The number of nitrogens with one attached hydrogen (secondary N) is 1. The second kappa shape index (κ2) is 6.45. The van der Waals surface area contributed by atoms with Crippen molar-refractivity contribution in [2.24, 2.45) is 17.3 Å². The minimum Gasteiger partial charge on any atom is -0.303 e. The smallest absolute Gasteiger partial charge is 0.0715 e. The quantitative estimate of drug-likeness (QED) is 0.730. The molecule has 1 aliphatic rings. The van der Waals surface area contributed by atoms with Crippen LogP contribution >= 0.6 is 0 Å². The van der Waals surface area contributed by atoms with Crippen molar-refractivity contribution in [1.29, 1.82) is 0 Å². The first-order valence-electron chi connectivity index (χ1n) is 7.18. The summed E-state index contributed by atoms with van der Waals surface area (Å²) in [5, 5.41) is 3.51. The van der Waals surface area contributed by atoms with Crippen LogP contribution < -0.4 is 5.32 Å². The summed E-state index contributed by atoms with van der Waals surface area (Å²) in [6, 6.07) is 0.302. The molecule has 0 saturated heterocycles. The Morgan fingerprint density at radius 2 is 1.82 bits per heavy atom. The molecule has 1 heteroatoms. The molecular formula is C16H29N. The first-order valence-corrected chi connectivity index (χ1v) is 7.18. The van der Waals surface area contributed by atoms with Gasteiger partial charge in [-0.05, 0) is 55.9 Å². The SMILES string of the molecule is C#CC(NCCC)C1CCC(C(C)(C)C)CC1. The lowest BCUT2D eigenvalue weighted by Gasteiger charge is -2.38. The third kappa shape index (κ3) is 4.36. The molecule has 1 aliphatic carbocycles. The van der Waals surface area contributed by atoms with Gasteiger partial charge in [0, 0.05) is 0 Å². The molecule has 1 atom stereocenters. The summed E-state index contributed by atoms with van der Waals surface area (Å²) in [5.74, 6) is 4.53. The molecule has 0 aromatic carbocycles. The van der Waals surface area contributed by atoms with E-state index < -0.39 is 0 Å². The monoisotopic (exact) mass is 235 g/mol. The highest BCUT2D eigenvalue weighted by atomic mass is 14.9. The van der Waals surface area contributed by atoms with Crippen molar-refractivity contribution in [3.05, 3.63) is 0 Å². The van der Waals surface area contributed by atoms with Gasteiger partial charge in [0.15, 0.2) is 0 Å². The Balaban J connectivity index is 2.42. The van der Waals surface area contributed by atoms with Crippen LogP contribution in [0, 0.1) is 29.6 Å². The summed E-state index contributed by atoms with van der Waals surface area (Å²) in [4.78, 5) is 0. The minimum atomic E-state index is 0.302. The van der Waals surface area contributed by atoms with Crippen LogP contribution in [0.1, 0.15) is 59.8 Å². The molecule has 1 unspecified atom stereocenters. The van der Waals surface area contributed by atoms with Crippen LogP contribution in [0.5, 0.6) is 0 Å². The first kappa shape index (κ1) is 14.6. The van der Waals surface area contributed by atoms with E-state index in [1.807, 2.05) is 0 Å². The number of hydrogen-bond donors (Lipinski definition) is 1. The van der Waals surface area contributed by atoms with E-state index in [2.05, 4.69) is 38.9 Å². The maximum absolute atomic E-state index is 5.65. The van der Waals surface area contributed by atoms with Crippen molar-refractivity contribution in [3.63, 3.8) is 0 Å². The van der Waals surface area contributed by atoms with Gasteiger partial charge in [0.1, 0.15) is 0 Å². The Bertz CT molecular complexity index is 248. The Kier molecular flexibility index (Phi) is 5.53. The molecule has 0 amide bonds. The van der Waals surface area contributed by atoms with Crippen molar-refractivity contribution >= 4 is 0 Å². The predicted molar refractivity (Wildman–Crippen MR) is 75.8 cm³/mol. The molecule has 0 aromatic rings. The molecule has 0 radical (unpaired) electrons. The topological polar surface area (TPSA) is 12.0 Å². The third-order valence-corrected chi connectivity index (χ3v) is 4.26. The van der Waals surface area contributed by atoms with Crippen molar-refractivity contribution in [3.8, 4) is 12.3 Å². The van der Waals surface area contributed by atoms with Crippen molar-refractivity contribution in [1.82, 2.24) is 5.32 Å². The van der Waals surface area contributed by atoms with Gasteiger partial charge in [0.2, 0.25) is 0 Å². The van der Waals surface area contributed by atoms with E-state index in [-0.39, 0.29) is 0 Å². The van der Waals surface area contributed by atoms with Gasteiger partial charge in [-0.1, -0.05) is 33.6 Å². The van der Waals surface area contributed by atoms with E-state index in [1.54, 1.807) is 0 Å². The molecule has 1 nitrogen and oxygen atoms in total. The van der Waals surface area contributed by atoms with Gasteiger partial charge in [-0.2, -0.15) is 0 Å². The van der Waals surface area contributed by atoms with E-state index in [9.17, 15) is 0 Å². The molecule has 0 bridgehead atoms. The van der Waals surface area contributed by atoms with Gasteiger partial charge in [-0.15, -0.1) is 6.42 Å². The average Bonchev–Trinajstić information content (AvgIpc) is 2.29. The lowest BCUT2D eigenvalue weighted by Crippen LogP contribution is -2.38. The highest BCUT2D eigenvalue weighted by molar-refractivity contribution is 5.03. The first-order chi connectivity index (χ1) is 7.99. The zero-order valence-electron chi connectivity index (χ0n) is 12.1. The number of hydrogen-bond acceptors (Lipinski definition) is 1. The Hall–Kier alpha value is -0.480. The van der Waals surface area contributed by atoms with Crippen LogP contribution in [-0.2, 0) is 0 Å². The third-order valence-electron chi connectivity index (χ3n) is 4.26. The lowest BCUT2D eigenvalue weighted by molar-refractivity contribution is 0.141. The molecule has 1 fully saturated rings. The lowest BCUT2D eigenvalue weighted by atomic mass is 9.68. The van der Waals surface area contributed by atoms with Crippen LogP contribution in [0.15, 0.2) is 0 Å². The predicted octanol–water partition coefficient (Wildman–Crippen LogP) is 3.84. The molecule has 1 N–H and O–H groups in total. The van der Waals surface area contributed by atoms with E-state index in [0.29, 0.717) is 17.4 Å². The molecule has 0 aliphatic heterocycles. The maximum Gasteiger partial charge on any atom is 0.0715 e. The zero-order chi connectivity index (χ0) is 12.9. The van der Waals surface area contributed by atoms with Gasteiger partial charge in [0.25, 0.3) is 0 Å². The van der Waals surface area contributed by atoms with E-state index in [1.165, 1.54) is 25.7 Å². The van der Waals surface area contributed by atoms with E-state index in [4.69, 9.17) is 6.42 Å². The van der Waals surface area contributed by atoms with Crippen molar-refractivity contribution in [2.45, 2.75) is 65.8 Å². The van der Waals surface area contributed by atoms with Crippen LogP contribution in [0.4, 0.5) is 0 Å². The second-order valence-electron chi connectivity index (χ2n) is 6.58. The molecule has 0 aromatic heterocycles. The van der Waals surface area contributed by atoms with Gasteiger partial charge in [0.05, 0.1) is 6.04 Å². The summed E-state index contributed by atoms with van der Waals surface area (Å²) in [7, 11) is 0. The van der Waals surface area contributed by atoms with E-state index >= 15 is 0 Å². The zero-order valence-corrected chi connectivity index (χ0v) is 12.1. The molecular weight excluding hydrogens is 206 g/mol. The maximum atomic E-state index is 5.65. The Morgan fingerprint density at radius 3 is 2.24 bits per heavy atom. The average molecular weight is 235 g/mol. The second-order valence-corrected chi connectivity index (χ2v) is 6.58. The molecule has 0 spiro atoms. The molecule has 1 saturated carbocycles. The van der Waals surface area contributed by atoms with Gasteiger partial charge in [-0.25, -0.2) is 0 Å². The molecule has 17 heavy (non-hydrogen) atoms. The van der Waals surface area contributed by atoms with Crippen LogP contribution in [0.2, 0.25) is 0 Å². The fraction of sp³-hybridized carbons (Fsp3) is 0.875. The fourth-order valence-corrected chi connectivity index (χ4v) is 2.98. The minimum absolute atomic E-state index is 0.302. The summed E-state index contributed by atoms with van der Waals surface area (Å²) in [6.07, 6.45) is 12.1. The van der Waals surface area contributed by atoms with Crippen LogP contribution in [0.3, 0.4) is 0 Å². The normalized spacial score (nSPS) is 27.5. The summed E-state index contributed by atoms with van der Waals surface area (Å²) in [6.45, 7) is 10.3. The molecule has 98 valence electrons. The van der Waals surface area contributed by atoms with Gasteiger partial charge < -0.3 is 5.32 Å². The van der Waals surface area contributed by atoms with Crippen LogP contribution in [0.25, 0.3) is 0 Å². The summed E-state index contributed by atoms with van der Waals surface area (Å²) >= 11 is 0. The Morgan fingerprint density at radius 1 is 1.24 bits per heavy atom. The number of terminal acetylenes is 1. The Labute approximate surface area is 108 Å². The van der Waals surface area contributed by atoms with Gasteiger partial charge >= 0.3 is 0 Å².